The smallest absolute Gasteiger partial charge is 0.337 e. The Balaban J connectivity index is 3.05. The summed E-state index contributed by atoms with van der Waals surface area (Å²) in [6.45, 7) is 0. The molecule has 1 atom stereocenters. The van der Waals surface area contributed by atoms with Gasteiger partial charge in [0.05, 0.1) is 11.6 Å². The molecule has 0 spiro atoms. The average Bonchev–Trinajstić information content (AvgIpc) is 2.34. The monoisotopic (exact) mass is 297 g/mol. The molecule has 0 aliphatic heterocycles. The molecular formula is C12H12BrNO3. The lowest BCUT2D eigenvalue weighted by Crippen LogP contribution is -2.11. The molecular weight excluding hydrogens is 286 g/mol. The summed E-state index contributed by atoms with van der Waals surface area (Å²) in [5.74, 6) is -1.31. The van der Waals surface area contributed by atoms with Crippen LogP contribution < -0.4 is 0 Å². The van der Waals surface area contributed by atoms with Crippen LogP contribution in [0.5, 0.6) is 0 Å². The van der Waals surface area contributed by atoms with Crippen LogP contribution in [-0.2, 0) is 11.2 Å². The summed E-state index contributed by atoms with van der Waals surface area (Å²) in [5, 5.41) is 27.9. The van der Waals surface area contributed by atoms with Crippen LogP contribution in [-0.4, -0.2) is 21.5 Å². The number of aryl methyl sites for hydroxylation is 1. The highest BCUT2D eigenvalue weighted by atomic mass is 79.9. The minimum Gasteiger partial charge on any atom is -0.479 e. The first-order valence-electron chi connectivity index (χ1n) is 5.09. The maximum atomic E-state index is 10.7. The van der Waals surface area contributed by atoms with Crippen LogP contribution in [0.2, 0.25) is 0 Å². The summed E-state index contributed by atoms with van der Waals surface area (Å²) in [4.78, 5) is 10.7. The number of aliphatic carboxylic acids is 1. The highest BCUT2D eigenvalue weighted by Gasteiger charge is 2.17. The van der Waals surface area contributed by atoms with Crippen molar-refractivity contribution in [3.63, 3.8) is 0 Å². The third kappa shape index (κ3) is 3.84. The summed E-state index contributed by atoms with van der Waals surface area (Å²) in [7, 11) is 0. The molecule has 0 saturated heterocycles. The number of aliphatic hydroxyl groups is 1. The number of carboxylic acids is 1. The molecule has 1 aromatic rings. The van der Waals surface area contributed by atoms with Gasteiger partial charge in [-0.25, -0.2) is 4.79 Å². The predicted octanol–water partition coefficient (Wildman–Crippen LogP) is 2.00. The number of hydrogen-bond acceptors (Lipinski definition) is 3. The first-order chi connectivity index (χ1) is 8.08. The van der Waals surface area contributed by atoms with Crippen LogP contribution in [0.4, 0.5) is 0 Å². The van der Waals surface area contributed by atoms with Gasteiger partial charge in [-0.2, -0.15) is 5.26 Å². The molecule has 0 heterocycles. The second-order valence-electron chi connectivity index (χ2n) is 3.61. The number of alkyl halides is 1. The molecule has 0 radical (unpaired) electrons. The zero-order chi connectivity index (χ0) is 12.8. The van der Waals surface area contributed by atoms with E-state index in [0.717, 1.165) is 23.7 Å². The maximum absolute atomic E-state index is 10.7. The molecule has 2 N–H and O–H groups in total. The van der Waals surface area contributed by atoms with E-state index in [2.05, 4.69) is 15.9 Å². The van der Waals surface area contributed by atoms with Gasteiger partial charge >= 0.3 is 5.97 Å². The Kier molecular flexibility index (Phi) is 5.13. The Hall–Kier alpha value is -1.38. The Morgan fingerprint density at radius 2 is 2.18 bits per heavy atom. The fourth-order valence-electron chi connectivity index (χ4n) is 1.50. The zero-order valence-electron chi connectivity index (χ0n) is 9.06. The molecule has 90 valence electrons. The highest BCUT2D eigenvalue weighted by molar-refractivity contribution is 9.09. The molecule has 1 rings (SSSR count). The molecule has 1 aromatic carbocycles. The second kappa shape index (κ2) is 6.38. The van der Waals surface area contributed by atoms with Crippen LogP contribution in [0, 0.1) is 11.3 Å². The fraction of sp³-hybridized carbons (Fsp3) is 0.333. The highest BCUT2D eigenvalue weighted by Crippen LogP contribution is 2.18. The quantitative estimate of drug-likeness (QED) is 0.815. The van der Waals surface area contributed by atoms with E-state index in [1.165, 1.54) is 6.07 Å². The normalized spacial score (nSPS) is 11.8. The third-order valence-electron chi connectivity index (χ3n) is 2.29. The molecule has 0 aliphatic rings. The molecule has 1 unspecified atom stereocenters. The average molecular weight is 298 g/mol. The molecule has 0 aromatic heterocycles. The van der Waals surface area contributed by atoms with Crippen LogP contribution in [0.1, 0.15) is 29.2 Å². The van der Waals surface area contributed by atoms with Gasteiger partial charge in [0.2, 0.25) is 0 Å². The minimum atomic E-state index is -1.58. The van der Waals surface area contributed by atoms with E-state index in [9.17, 15) is 9.90 Å². The molecule has 0 fully saturated rings. The summed E-state index contributed by atoms with van der Waals surface area (Å²) in [6.07, 6.45) is 0.0449. The van der Waals surface area contributed by atoms with E-state index >= 15 is 0 Å². The van der Waals surface area contributed by atoms with Gasteiger partial charge in [0.1, 0.15) is 0 Å². The lowest BCUT2D eigenvalue weighted by Gasteiger charge is -2.09. The van der Waals surface area contributed by atoms with E-state index in [1.807, 2.05) is 6.07 Å². The fourth-order valence-corrected chi connectivity index (χ4v) is 1.78. The molecule has 0 amide bonds. The van der Waals surface area contributed by atoms with Gasteiger partial charge in [0.15, 0.2) is 6.10 Å². The SMILES string of the molecule is N#Cc1cc(CCCBr)cc(C(O)C(=O)O)c1. The second-order valence-corrected chi connectivity index (χ2v) is 4.40. The Labute approximate surface area is 108 Å². The zero-order valence-corrected chi connectivity index (χ0v) is 10.6. The molecule has 0 bridgehead atoms. The number of hydrogen-bond donors (Lipinski definition) is 2. The van der Waals surface area contributed by atoms with Crippen LogP contribution in [0.3, 0.4) is 0 Å². The van der Waals surface area contributed by atoms with E-state index < -0.39 is 12.1 Å². The van der Waals surface area contributed by atoms with Crippen LogP contribution in [0.15, 0.2) is 18.2 Å². The van der Waals surface area contributed by atoms with E-state index in [4.69, 9.17) is 10.4 Å². The van der Waals surface area contributed by atoms with Crippen molar-refractivity contribution in [1.29, 1.82) is 5.26 Å². The van der Waals surface area contributed by atoms with Crippen molar-refractivity contribution in [3.05, 3.63) is 34.9 Å². The van der Waals surface area contributed by atoms with Gasteiger partial charge < -0.3 is 10.2 Å². The first kappa shape index (κ1) is 13.7. The largest absolute Gasteiger partial charge is 0.479 e. The van der Waals surface area contributed by atoms with E-state index in [1.54, 1.807) is 12.1 Å². The minimum absolute atomic E-state index is 0.251. The van der Waals surface area contributed by atoms with Crippen molar-refractivity contribution in [1.82, 2.24) is 0 Å². The number of nitrogens with zero attached hydrogens (tertiary/aromatic N) is 1. The number of carbonyl (C=O) groups is 1. The third-order valence-corrected chi connectivity index (χ3v) is 2.85. The Bertz CT molecular complexity index is 454. The molecule has 0 aliphatic carbocycles. The van der Waals surface area contributed by atoms with Gasteiger partial charge in [-0.15, -0.1) is 0 Å². The number of benzene rings is 1. The standard InChI is InChI=1S/C12H12BrNO3/c13-3-1-2-8-4-9(7-14)6-10(5-8)11(15)12(16)17/h4-6,11,15H,1-3H2,(H,16,17). The first-order valence-corrected chi connectivity index (χ1v) is 6.21. The Morgan fingerprint density at radius 3 is 2.71 bits per heavy atom. The summed E-state index contributed by atoms with van der Waals surface area (Å²) in [6, 6.07) is 6.70. The van der Waals surface area contributed by atoms with Crippen molar-refractivity contribution >= 4 is 21.9 Å². The van der Waals surface area contributed by atoms with E-state index in [-0.39, 0.29) is 5.56 Å². The van der Waals surface area contributed by atoms with Crippen molar-refractivity contribution in [3.8, 4) is 6.07 Å². The van der Waals surface area contributed by atoms with Crippen LogP contribution in [0.25, 0.3) is 0 Å². The number of carboxylic acid groups (broad SMARTS) is 1. The van der Waals surface area contributed by atoms with Crippen molar-refractivity contribution in [2.24, 2.45) is 0 Å². The lowest BCUT2D eigenvalue weighted by atomic mass is 10.00. The van der Waals surface area contributed by atoms with Crippen molar-refractivity contribution in [2.75, 3.05) is 5.33 Å². The van der Waals surface area contributed by atoms with Gasteiger partial charge in [-0.05, 0) is 36.1 Å². The van der Waals surface area contributed by atoms with Gasteiger partial charge in [-0.1, -0.05) is 22.0 Å². The van der Waals surface area contributed by atoms with Crippen LogP contribution >= 0.6 is 15.9 Å². The molecule has 4 nitrogen and oxygen atoms in total. The topological polar surface area (TPSA) is 81.3 Å². The number of halogens is 1. The van der Waals surface area contributed by atoms with Gasteiger partial charge in [-0.3, -0.25) is 0 Å². The molecule has 0 saturated carbocycles. The van der Waals surface area contributed by atoms with Gasteiger partial charge in [0.25, 0.3) is 0 Å². The summed E-state index contributed by atoms with van der Waals surface area (Å²) < 4.78 is 0. The van der Waals surface area contributed by atoms with E-state index in [0.29, 0.717) is 5.56 Å². The Morgan fingerprint density at radius 1 is 1.47 bits per heavy atom. The number of rotatable bonds is 5. The van der Waals surface area contributed by atoms with Crippen molar-refractivity contribution in [2.45, 2.75) is 18.9 Å². The lowest BCUT2D eigenvalue weighted by molar-refractivity contribution is -0.146. The van der Waals surface area contributed by atoms with Crippen molar-refractivity contribution < 1.29 is 15.0 Å². The number of aliphatic hydroxyl groups excluding tert-OH is 1. The summed E-state index contributed by atoms with van der Waals surface area (Å²) >= 11 is 3.30. The maximum Gasteiger partial charge on any atom is 0.337 e. The van der Waals surface area contributed by atoms with Gasteiger partial charge in [0, 0.05) is 5.33 Å². The number of nitriles is 1. The molecule has 5 heteroatoms. The molecule has 17 heavy (non-hydrogen) atoms. The summed E-state index contributed by atoms with van der Waals surface area (Å²) in [5.41, 5.74) is 1.48. The predicted molar refractivity (Wildman–Crippen MR) is 65.9 cm³/mol.